The van der Waals surface area contributed by atoms with Crippen molar-refractivity contribution in [3.63, 3.8) is 0 Å². The topological polar surface area (TPSA) is 23.8 Å². The normalized spacial score (nSPS) is 9.42. The molecule has 0 saturated carbocycles. The molecule has 0 N–H and O–H groups in total. The third-order valence-electron chi connectivity index (χ3n) is 1.57. The van der Waals surface area contributed by atoms with Gasteiger partial charge in [0.1, 0.15) is 5.82 Å². The minimum Gasteiger partial charge on any atom is -0.206 e. The summed E-state index contributed by atoms with van der Waals surface area (Å²) in [5.74, 6) is -0.268. The highest BCUT2D eigenvalue weighted by Gasteiger charge is 2.05. The molecule has 0 unspecified atom stereocenters. The molecule has 0 fully saturated rings. The highest BCUT2D eigenvalue weighted by Crippen LogP contribution is 2.15. The summed E-state index contributed by atoms with van der Waals surface area (Å²) in [5.41, 5.74) is 1.07. The lowest BCUT2D eigenvalue weighted by molar-refractivity contribution is 0.605. The van der Waals surface area contributed by atoms with Crippen LogP contribution in [0.2, 0.25) is 0 Å². The van der Waals surface area contributed by atoms with E-state index in [9.17, 15) is 4.39 Å². The Bertz CT molecular complexity index is 317. The lowest BCUT2D eigenvalue weighted by Crippen LogP contribution is -1.93. The van der Waals surface area contributed by atoms with Crippen LogP contribution in [0.5, 0.6) is 0 Å². The average molecular weight is 228 g/mol. The molecule has 0 aliphatic carbocycles. The number of hydrogen-bond acceptors (Lipinski definition) is 1. The standard InChI is InChI=1S/C9H7BrFN/c10-6-8-3-1-2-7(4-5-12)9(8)11/h1-3H,4,6H2. The van der Waals surface area contributed by atoms with Crippen LogP contribution in [0.25, 0.3) is 0 Å². The van der Waals surface area contributed by atoms with E-state index < -0.39 is 0 Å². The van der Waals surface area contributed by atoms with Crippen LogP contribution in [-0.2, 0) is 11.8 Å². The van der Waals surface area contributed by atoms with Crippen molar-refractivity contribution in [1.82, 2.24) is 0 Å². The zero-order valence-corrected chi connectivity index (χ0v) is 7.94. The SMILES string of the molecule is N#CCc1cccc(CBr)c1F. The minimum absolute atomic E-state index is 0.132. The molecule has 1 rings (SSSR count). The van der Waals surface area contributed by atoms with Crippen LogP contribution in [0.3, 0.4) is 0 Å². The minimum atomic E-state index is -0.268. The maximum atomic E-state index is 13.3. The van der Waals surface area contributed by atoms with E-state index in [4.69, 9.17) is 5.26 Å². The van der Waals surface area contributed by atoms with Gasteiger partial charge in [0.05, 0.1) is 12.5 Å². The molecule has 1 aromatic rings. The predicted molar refractivity (Wildman–Crippen MR) is 48.3 cm³/mol. The largest absolute Gasteiger partial charge is 0.206 e. The fourth-order valence-corrected chi connectivity index (χ4v) is 1.39. The number of hydrogen-bond donors (Lipinski definition) is 0. The van der Waals surface area contributed by atoms with Crippen molar-refractivity contribution in [1.29, 1.82) is 5.26 Å². The van der Waals surface area contributed by atoms with Gasteiger partial charge in [0.25, 0.3) is 0 Å². The zero-order chi connectivity index (χ0) is 8.97. The number of rotatable bonds is 2. The highest BCUT2D eigenvalue weighted by molar-refractivity contribution is 9.08. The monoisotopic (exact) mass is 227 g/mol. The number of alkyl halides is 1. The lowest BCUT2D eigenvalue weighted by atomic mass is 10.1. The quantitative estimate of drug-likeness (QED) is 0.714. The zero-order valence-electron chi connectivity index (χ0n) is 6.35. The van der Waals surface area contributed by atoms with E-state index in [0.717, 1.165) is 0 Å². The second kappa shape index (κ2) is 4.22. The molecule has 0 aromatic heterocycles. The van der Waals surface area contributed by atoms with Crippen LogP contribution in [0.15, 0.2) is 18.2 Å². The molecule has 0 saturated heterocycles. The maximum Gasteiger partial charge on any atom is 0.131 e. The first-order valence-corrected chi connectivity index (χ1v) is 4.61. The van der Waals surface area contributed by atoms with Gasteiger partial charge >= 0.3 is 0 Å². The van der Waals surface area contributed by atoms with Crippen molar-refractivity contribution in [2.75, 3.05) is 0 Å². The summed E-state index contributed by atoms with van der Waals surface area (Å²) in [5, 5.41) is 8.86. The lowest BCUT2D eigenvalue weighted by Gasteiger charge is -2.01. The molecular formula is C9H7BrFN. The Balaban J connectivity index is 3.07. The van der Waals surface area contributed by atoms with Crippen LogP contribution < -0.4 is 0 Å². The predicted octanol–water partition coefficient (Wildman–Crippen LogP) is 2.79. The Kier molecular flexibility index (Phi) is 3.24. The van der Waals surface area contributed by atoms with E-state index in [0.29, 0.717) is 16.5 Å². The van der Waals surface area contributed by atoms with Crippen molar-refractivity contribution in [3.05, 3.63) is 35.1 Å². The summed E-state index contributed by atoms with van der Waals surface area (Å²) in [4.78, 5) is 0. The molecule has 0 radical (unpaired) electrons. The number of nitriles is 1. The smallest absolute Gasteiger partial charge is 0.131 e. The summed E-state index contributed by atoms with van der Waals surface area (Å²) < 4.78 is 13.3. The molecule has 0 amide bonds. The molecule has 12 heavy (non-hydrogen) atoms. The van der Waals surface area contributed by atoms with E-state index in [1.807, 2.05) is 6.07 Å². The molecule has 3 heteroatoms. The first-order valence-electron chi connectivity index (χ1n) is 3.48. The molecular weight excluding hydrogens is 221 g/mol. The van der Waals surface area contributed by atoms with Gasteiger partial charge in [0.15, 0.2) is 0 Å². The van der Waals surface area contributed by atoms with Gasteiger partial charge in [0.2, 0.25) is 0 Å². The van der Waals surface area contributed by atoms with Crippen LogP contribution in [0, 0.1) is 17.1 Å². The fraction of sp³-hybridized carbons (Fsp3) is 0.222. The number of halogens is 2. The maximum absolute atomic E-state index is 13.3. The summed E-state index contributed by atoms with van der Waals surface area (Å²) in [6.07, 6.45) is 0.132. The molecule has 0 bridgehead atoms. The Morgan fingerprint density at radius 2 is 2.08 bits per heavy atom. The van der Waals surface area contributed by atoms with Gasteiger partial charge in [-0.3, -0.25) is 0 Å². The Hall–Kier alpha value is -0.880. The van der Waals surface area contributed by atoms with E-state index in [-0.39, 0.29) is 12.2 Å². The molecule has 0 heterocycles. The number of benzene rings is 1. The molecule has 1 aromatic carbocycles. The second-order valence-electron chi connectivity index (χ2n) is 2.36. The molecule has 0 spiro atoms. The van der Waals surface area contributed by atoms with E-state index in [2.05, 4.69) is 15.9 Å². The van der Waals surface area contributed by atoms with Gasteiger partial charge in [0, 0.05) is 10.9 Å². The van der Waals surface area contributed by atoms with Gasteiger partial charge in [-0.2, -0.15) is 5.26 Å². The summed E-state index contributed by atoms with van der Waals surface area (Å²) in [6.45, 7) is 0. The van der Waals surface area contributed by atoms with Crippen LogP contribution in [-0.4, -0.2) is 0 Å². The second-order valence-corrected chi connectivity index (χ2v) is 2.92. The molecule has 62 valence electrons. The first kappa shape index (κ1) is 9.21. The van der Waals surface area contributed by atoms with E-state index in [1.165, 1.54) is 0 Å². The van der Waals surface area contributed by atoms with Crippen molar-refractivity contribution in [2.45, 2.75) is 11.8 Å². The first-order chi connectivity index (χ1) is 5.79. The number of nitrogens with zero attached hydrogens (tertiary/aromatic N) is 1. The molecule has 0 atom stereocenters. The molecule has 0 aliphatic rings. The van der Waals surface area contributed by atoms with Crippen molar-refractivity contribution in [2.24, 2.45) is 0 Å². The van der Waals surface area contributed by atoms with Crippen molar-refractivity contribution < 1.29 is 4.39 Å². The highest BCUT2D eigenvalue weighted by atomic mass is 79.9. The molecule has 1 nitrogen and oxygen atoms in total. The summed E-state index contributed by atoms with van der Waals surface area (Å²) in [6, 6.07) is 7.01. The third-order valence-corrected chi connectivity index (χ3v) is 2.18. The fourth-order valence-electron chi connectivity index (χ4n) is 0.958. The Labute approximate surface area is 79.0 Å². The average Bonchev–Trinajstić information content (AvgIpc) is 2.09. The van der Waals surface area contributed by atoms with Crippen molar-refractivity contribution >= 4 is 15.9 Å². The van der Waals surface area contributed by atoms with Gasteiger partial charge in [-0.1, -0.05) is 34.1 Å². The Morgan fingerprint density at radius 1 is 1.42 bits per heavy atom. The third kappa shape index (κ3) is 1.83. The summed E-state index contributed by atoms with van der Waals surface area (Å²) >= 11 is 3.17. The Morgan fingerprint density at radius 3 is 2.67 bits per heavy atom. The van der Waals surface area contributed by atoms with Gasteiger partial charge in [-0.05, 0) is 5.56 Å². The van der Waals surface area contributed by atoms with Crippen LogP contribution in [0.4, 0.5) is 4.39 Å². The van der Waals surface area contributed by atoms with E-state index in [1.54, 1.807) is 18.2 Å². The summed E-state index contributed by atoms with van der Waals surface area (Å²) in [7, 11) is 0. The molecule has 0 aliphatic heterocycles. The van der Waals surface area contributed by atoms with Gasteiger partial charge in [-0.25, -0.2) is 4.39 Å². The van der Waals surface area contributed by atoms with E-state index >= 15 is 0 Å². The van der Waals surface area contributed by atoms with Crippen LogP contribution >= 0.6 is 15.9 Å². The van der Waals surface area contributed by atoms with Gasteiger partial charge < -0.3 is 0 Å². The van der Waals surface area contributed by atoms with Gasteiger partial charge in [-0.15, -0.1) is 0 Å². The van der Waals surface area contributed by atoms with Crippen LogP contribution in [0.1, 0.15) is 11.1 Å². The van der Waals surface area contributed by atoms with Crippen molar-refractivity contribution in [3.8, 4) is 6.07 Å².